The second-order valence-electron chi connectivity index (χ2n) is 7.05. The number of benzene rings is 2. The number of amides is 2. The lowest BCUT2D eigenvalue weighted by molar-refractivity contribution is -0.140. The highest BCUT2D eigenvalue weighted by Gasteiger charge is 2.27. The molecule has 2 aromatic rings. The summed E-state index contributed by atoms with van der Waals surface area (Å²) in [5, 5.41) is 4.51. The number of hydrogen-bond acceptors (Lipinski definition) is 2. The minimum Gasteiger partial charge on any atom is -0.352 e. The van der Waals surface area contributed by atoms with Gasteiger partial charge in [0.2, 0.25) is 11.8 Å². The number of hydrogen-bond donors (Lipinski definition) is 1. The van der Waals surface area contributed by atoms with Gasteiger partial charge < -0.3 is 10.2 Å². The molecule has 1 N–H and O–H groups in total. The Morgan fingerprint density at radius 3 is 2.21 bits per heavy atom. The quantitative estimate of drug-likeness (QED) is 0.569. The van der Waals surface area contributed by atoms with Crippen molar-refractivity contribution in [2.45, 2.75) is 52.2 Å². The van der Waals surface area contributed by atoms with Gasteiger partial charge in [-0.25, -0.2) is 0 Å². The van der Waals surface area contributed by atoms with Crippen molar-refractivity contribution in [3.63, 3.8) is 0 Å². The Kier molecular flexibility index (Phi) is 8.81. The Morgan fingerprint density at radius 2 is 1.62 bits per heavy atom. The van der Waals surface area contributed by atoms with E-state index < -0.39 is 6.04 Å². The fraction of sp³-hybridized carbons (Fsp3) is 0.364. The predicted molar refractivity (Wildman–Crippen MR) is 120 cm³/mol. The summed E-state index contributed by atoms with van der Waals surface area (Å²) in [6, 6.07) is 11.6. The molecular formula is C22H25Cl3N2O2. The fourth-order valence-electron chi connectivity index (χ4n) is 2.76. The third-order valence-corrected chi connectivity index (χ3v) is 5.63. The molecule has 2 atom stereocenters. The molecule has 0 bridgehead atoms. The van der Waals surface area contributed by atoms with Gasteiger partial charge in [-0.05, 0) is 55.7 Å². The smallest absolute Gasteiger partial charge is 0.242 e. The Labute approximate surface area is 187 Å². The molecule has 2 aromatic carbocycles. The van der Waals surface area contributed by atoms with Gasteiger partial charge in [-0.3, -0.25) is 9.59 Å². The Hall–Kier alpha value is -1.75. The molecule has 2 rings (SSSR count). The maximum Gasteiger partial charge on any atom is 0.242 e. The van der Waals surface area contributed by atoms with Crippen LogP contribution in [0.1, 0.15) is 38.3 Å². The van der Waals surface area contributed by atoms with Crippen LogP contribution in [0.15, 0.2) is 42.5 Å². The summed E-state index contributed by atoms with van der Waals surface area (Å²) in [7, 11) is 0. The molecule has 4 nitrogen and oxygen atoms in total. The minimum atomic E-state index is -0.657. The second kappa shape index (κ2) is 10.9. The summed E-state index contributed by atoms with van der Waals surface area (Å²) < 4.78 is 0. The first-order valence-electron chi connectivity index (χ1n) is 9.49. The van der Waals surface area contributed by atoms with Crippen LogP contribution in [0, 0.1) is 0 Å². The average Bonchev–Trinajstić information content (AvgIpc) is 2.68. The third-order valence-electron chi connectivity index (χ3n) is 4.79. The molecule has 0 heterocycles. The van der Waals surface area contributed by atoms with Crippen molar-refractivity contribution < 1.29 is 9.59 Å². The van der Waals surface area contributed by atoms with E-state index in [2.05, 4.69) is 5.32 Å². The molecule has 2 amide bonds. The number of halogens is 3. The second-order valence-corrected chi connectivity index (χ2v) is 8.33. The van der Waals surface area contributed by atoms with Crippen LogP contribution in [0.3, 0.4) is 0 Å². The first kappa shape index (κ1) is 23.5. The summed E-state index contributed by atoms with van der Waals surface area (Å²) >= 11 is 18.2. The van der Waals surface area contributed by atoms with Crippen LogP contribution in [0.25, 0.3) is 0 Å². The van der Waals surface area contributed by atoms with E-state index in [1.54, 1.807) is 54.3 Å². The maximum atomic E-state index is 13.1. The number of nitrogens with one attached hydrogen (secondary N) is 1. The van der Waals surface area contributed by atoms with Crippen LogP contribution in [0.2, 0.25) is 15.1 Å². The van der Waals surface area contributed by atoms with Crippen molar-refractivity contribution in [1.82, 2.24) is 10.2 Å². The summed E-state index contributed by atoms with van der Waals surface area (Å²) in [5.74, 6) is -0.376. The summed E-state index contributed by atoms with van der Waals surface area (Å²) in [6.45, 7) is 5.85. The van der Waals surface area contributed by atoms with Crippen molar-refractivity contribution in [3.05, 3.63) is 68.7 Å². The minimum absolute atomic E-state index is 0.0253. The molecule has 0 radical (unpaired) electrons. The van der Waals surface area contributed by atoms with Gasteiger partial charge in [-0.1, -0.05) is 59.9 Å². The topological polar surface area (TPSA) is 49.4 Å². The molecule has 0 aliphatic heterocycles. The Balaban J connectivity index is 2.26. The van der Waals surface area contributed by atoms with Gasteiger partial charge in [0.25, 0.3) is 0 Å². The van der Waals surface area contributed by atoms with E-state index in [-0.39, 0.29) is 30.8 Å². The van der Waals surface area contributed by atoms with Crippen molar-refractivity contribution in [2.75, 3.05) is 0 Å². The first-order valence-corrected chi connectivity index (χ1v) is 10.6. The van der Waals surface area contributed by atoms with Gasteiger partial charge in [0.05, 0.1) is 6.42 Å². The monoisotopic (exact) mass is 454 g/mol. The van der Waals surface area contributed by atoms with E-state index in [1.165, 1.54) is 0 Å². The molecule has 29 heavy (non-hydrogen) atoms. The average molecular weight is 456 g/mol. The molecule has 0 fully saturated rings. The standard InChI is InChI=1S/C22H25Cl3N2O2/c1-4-14(2)26-22(29)15(3)27(13-17-7-10-19(24)12-20(17)25)21(28)11-16-5-8-18(23)9-6-16/h5-10,12,14-15H,4,11,13H2,1-3H3,(H,26,29)/t14-,15-/m0/s1. The highest BCUT2D eigenvalue weighted by molar-refractivity contribution is 6.35. The molecule has 0 spiro atoms. The van der Waals surface area contributed by atoms with E-state index in [4.69, 9.17) is 34.8 Å². The van der Waals surface area contributed by atoms with Gasteiger partial charge in [-0.2, -0.15) is 0 Å². The van der Waals surface area contributed by atoms with Crippen LogP contribution >= 0.6 is 34.8 Å². The lowest BCUT2D eigenvalue weighted by Gasteiger charge is -2.30. The van der Waals surface area contributed by atoms with Gasteiger partial charge in [0.1, 0.15) is 6.04 Å². The van der Waals surface area contributed by atoms with Gasteiger partial charge in [0.15, 0.2) is 0 Å². The number of carbonyl (C=O) groups is 2. The number of carbonyl (C=O) groups excluding carboxylic acids is 2. The van der Waals surface area contributed by atoms with Crippen molar-refractivity contribution >= 4 is 46.6 Å². The summed E-state index contributed by atoms with van der Waals surface area (Å²) in [4.78, 5) is 27.4. The summed E-state index contributed by atoms with van der Waals surface area (Å²) in [5.41, 5.74) is 1.55. The molecule has 0 aliphatic rings. The van der Waals surface area contributed by atoms with Crippen molar-refractivity contribution in [1.29, 1.82) is 0 Å². The Morgan fingerprint density at radius 1 is 1.00 bits per heavy atom. The van der Waals surface area contributed by atoms with Crippen LogP contribution in [-0.2, 0) is 22.6 Å². The lowest BCUT2D eigenvalue weighted by Crippen LogP contribution is -2.49. The molecule has 7 heteroatoms. The highest BCUT2D eigenvalue weighted by atomic mass is 35.5. The SMILES string of the molecule is CC[C@H](C)NC(=O)[C@H](C)N(Cc1ccc(Cl)cc1Cl)C(=O)Cc1ccc(Cl)cc1. The largest absolute Gasteiger partial charge is 0.352 e. The fourth-order valence-corrected chi connectivity index (χ4v) is 3.35. The van der Waals surface area contributed by atoms with Crippen LogP contribution in [0.4, 0.5) is 0 Å². The Bertz CT molecular complexity index is 856. The molecule has 0 saturated carbocycles. The van der Waals surface area contributed by atoms with Crippen molar-refractivity contribution in [2.24, 2.45) is 0 Å². The lowest BCUT2D eigenvalue weighted by atomic mass is 10.1. The van der Waals surface area contributed by atoms with E-state index in [0.717, 1.165) is 17.5 Å². The number of rotatable bonds is 8. The summed E-state index contributed by atoms with van der Waals surface area (Å²) in [6.07, 6.45) is 0.962. The van der Waals surface area contributed by atoms with Crippen molar-refractivity contribution in [3.8, 4) is 0 Å². The van der Waals surface area contributed by atoms with Gasteiger partial charge in [-0.15, -0.1) is 0 Å². The molecular weight excluding hydrogens is 431 g/mol. The van der Waals surface area contributed by atoms with Crippen LogP contribution in [0.5, 0.6) is 0 Å². The number of nitrogens with zero attached hydrogens (tertiary/aromatic N) is 1. The van der Waals surface area contributed by atoms with E-state index in [1.807, 2.05) is 13.8 Å². The first-order chi connectivity index (χ1) is 13.7. The molecule has 0 saturated heterocycles. The molecule has 156 valence electrons. The highest BCUT2D eigenvalue weighted by Crippen LogP contribution is 2.24. The third kappa shape index (κ3) is 6.91. The zero-order valence-electron chi connectivity index (χ0n) is 16.7. The van der Waals surface area contributed by atoms with Gasteiger partial charge >= 0.3 is 0 Å². The zero-order chi connectivity index (χ0) is 21.6. The molecule has 0 aliphatic carbocycles. The molecule has 0 aromatic heterocycles. The van der Waals surface area contributed by atoms with E-state index >= 15 is 0 Å². The van der Waals surface area contributed by atoms with Crippen LogP contribution in [-0.4, -0.2) is 28.8 Å². The maximum absolute atomic E-state index is 13.1. The van der Waals surface area contributed by atoms with E-state index in [9.17, 15) is 9.59 Å². The predicted octanol–water partition coefficient (Wildman–Crippen LogP) is 5.52. The van der Waals surface area contributed by atoms with E-state index in [0.29, 0.717) is 15.1 Å². The zero-order valence-corrected chi connectivity index (χ0v) is 19.0. The van der Waals surface area contributed by atoms with Gasteiger partial charge in [0, 0.05) is 27.7 Å². The van der Waals surface area contributed by atoms with Crippen LogP contribution < -0.4 is 5.32 Å². The normalized spacial score (nSPS) is 12.9. The molecule has 0 unspecified atom stereocenters.